The van der Waals surface area contributed by atoms with Gasteiger partial charge >= 0.3 is 0 Å². The van der Waals surface area contributed by atoms with E-state index in [1.807, 2.05) is 24.3 Å². The van der Waals surface area contributed by atoms with Gasteiger partial charge in [-0.3, -0.25) is 9.69 Å². The van der Waals surface area contributed by atoms with E-state index in [9.17, 15) is 4.79 Å². The van der Waals surface area contributed by atoms with E-state index in [-0.39, 0.29) is 5.91 Å². The van der Waals surface area contributed by atoms with E-state index in [0.717, 1.165) is 42.1 Å². The summed E-state index contributed by atoms with van der Waals surface area (Å²) in [5.41, 5.74) is 3.32. The number of amides is 1. The zero-order chi connectivity index (χ0) is 20.8. The highest BCUT2D eigenvalue weighted by Gasteiger charge is 2.23. The summed E-state index contributed by atoms with van der Waals surface area (Å²) in [7, 11) is 0. The van der Waals surface area contributed by atoms with Crippen LogP contribution in [0.1, 0.15) is 30.7 Å². The van der Waals surface area contributed by atoms with Crippen LogP contribution in [0.3, 0.4) is 0 Å². The maximum atomic E-state index is 12.8. The number of imidazole rings is 1. The van der Waals surface area contributed by atoms with Gasteiger partial charge in [0.2, 0.25) is 5.91 Å². The Labute approximate surface area is 182 Å². The van der Waals surface area contributed by atoms with Crippen LogP contribution in [0.2, 0.25) is 0 Å². The fourth-order valence-corrected chi connectivity index (χ4v) is 4.77. The first-order valence-corrected chi connectivity index (χ1v) is 12.1. The van der Waals surface area contributed by atoms with Crippen molar-refractivity contribution in [2.24, 2.45) is 0 Å². The number of hydrogen-bond donors (Lipinski definition) is 1. The molecular weight excluding hydrogens is 392 g/mol. The second kappa shape index (κ2) is 10.1. The monoisotopic (exact) mass is 422 g/mol. The van der Waals surface area contributed by atoms with E-state index in [2.05, 4.69) is 51.4 Å². The van der Waals surface area contributed by atoms with Gasteiger partial charge in [-0.1, -0.05) is 48.9 Å². The van der Waals surface area contributed by atoms with Crippen molar-refractivity contribution in [3.8, 4) is 0 Å². The topological polar surface area (TPSA) is 50.2 Å². The van der Waals surface area contributed by atoms with E-state index in [0.29, 0.717) is 19.1 Å². The van der Waals surface area contributed by atoms with Gasteiger partial charge in [0, 0.05) is 19.1 Å². The molecule has 1 N–H and O–H groups in total. The Bertz CT molecular complexity index is 972. The van der Waals surface area contributed by atoms with Crippen molar-refractivity contribution in [2.75, 3.05) is 19.3 Å². The number of para-hydroxylation sites is 2. The van der Waals surface area contributed by atoms with E-state index in [1.54, 1.807) is 11.8 Å². The molecule has 3 aromatic rings. The lowest BCUT2D eigenvalue weighted by atomic mass is 10.0. The maximum Gasteiger partial charge on any atom is 0.240 e. The Morgan fingerprint density at radius 1 is 1.13 bits per heavy atom. The summed E-state index contributed by atoms with van der Waals surface area (Å²) in [5.74, 6) is 1.82. The molecule has 0 radical (unpaired) electrons. The number of rotatable bonds is 8. The van der Waals surface area contributed by atoms with Gasteiger partial charge in [0.05, 0.1) is 16.8 Å². The molecule has 2 aromatic carbocycles. The van der Waals surface area contributed by atoms with Crippen LogP contribution in [0.4, 0.5) is 0 Å². The summed E-state index contributed by atoms with van der Waals surface area (Å²) >= 11 is 1.73. The third-order valence-corrected chi connectivity index (χ3v) is 6.37. The fourth-order valence-electron chi connectivity index (χ4n) is 4.29. The van der Waals surface area contributed by atoms with Crippen molar-refractivity contribution in [3.05, 3.63) is 66.0 Å². The molecule has 1 aliphatic rings. The predicted octanol–water partition coefficient (Wildman–Crippen LogP) is 4.07. The number of nitrogens with one attached hydrogen (secondary N) is 1. The van der Waals surface area contributed by atoms with Gasteiger partial charge in [-0.15, -0.1) is 0 Å². The molecule has 30 heavy (non-hydrogen) atoms. The van der Waals surface area contributed by atoms with Crippen molar-refractivity contribution in [1.29, 1.82) is 0 Å². The Hall–Kier alpha value is -2.31. The minimum absolute atomic E-state index is 0.0609. The first-order chi connectivity index (χ1) is 14.7. The second-order valence-corrected chi connectivity index (χ2v) is 8.81. The molecule has 158 valence electrons. The number of aromatic nitrogens is 2. The van der Waals surface area contributed by atoms with Crippen molar-refractivity contribution in [1.82, 2.24) is 19.8 Å². The number of thioether (sulfide) groups is 1. The number of fused-ring (bicyclic) bond motifs is 1. The quantitative estimate of drug-likeness (QED) is 0.595. The molecule has 1 fully saturated rings. The summed E-state index contributed by atoms with van der Waals surface area (Å²) in [4.78, 5) is 20.1. The van der Waals surface area contributed by atoms with Crippen molar-refractivity contribution >= 4 is 28.7 Å². The van der Waals surface area contributed by atoms with Crippen LogP contribution in [0.25, 0.3) is 11.0 Å². The van der Waals surface area contributed by atoms with Gasteiger partial charge < -0.3 is 9.88 Å². The summed E-state index contributed by atoms with van der Waals surface area (Å²) in [6.45, 7) is 3.07. The molecule has 1 atom stereocenters. The highest BCUT2D eigenvalue weighted by Crippen LogP contribution is 2.20. The van der Waals surface area contributed by atoms with Crippen molar-refractivity contribution < 1.29 is 4.79 Å². The minimum Gasteiger partial charge on any atom is -0.353 e. The Kier molecular flexibility index (Phi) is 7.07. The molecule has 0 saturated carbocycles. The molecule has 5 nitrogen and oxygen atoms in total. The summed E-state index contributed by atoms with van der Waals surface area (Å²) in [6, 6.07) is 19.1. The lowest BCUT2D eigenvalue weighted by molar-refractivity contribution is -0.122. The van der Waals surface area contributed by atoms with Gasteiger partial charge in [-0.25, -0.2) is 4.98 Å². The van der Waals surface area contributed by atoms with Crippen LogP contribution in [0.15, 0.2) is 54.6 Å². The number of hydrogen-bond acceptors (Lipinski definition) is 4. The Morgan fingerprint density at radius 2 is 1.93 bits per heavy atom. The Morgan fingerprint density at radius 3 is 2.77 bits per heavy atom. The van der Waals surface area contributed by atoms with Crippen molar-refractivity contribution in [2.45, 2.75) is 44.1 Å². The molecule has 1 amide bonds. The molecule has 4 rings (SSSR count). The molecule has 6 heteroatoms. The smallest absolute Gasteiger partial charge is 0.240 e. The average molecular weight is 423 g/mol. The fraction of sp³-hybridized carbons (Fsp3) is 0.417. The third kappa shape index (κ3) is 5.05. The SMILES string of the molecule is CSCc1nc2ccccc2n1CC(=O)NCC1CCCCN1Cc1ccccc1. The predicted molar refractivity (Wildman–Crippen MR) is 124 cm³/mol. The Balaban J connectivity index is 1.39. The number of benzene rings is 2. The minimum atomic E-state index is 0.0609. The number of carbonyl (C=O) groups excluding carboxylic acids is 1. The molecule has 0 spiro atoms. The number of likely N-dealkylation sites (tertiary alicyclic amines) is 1. The molecule has 1 aliphatic heterocycles. The van der Waals surface area contributed by atoms with E-state index in [1.165, 1.54) is 18.4 Å². The van der Waals surface area contributed by atoms with E-state index in [4.69, 9.17) is 4.98 Å². The van der Waals surface area contributed by atoms with Crippen LogP contribution < -0.4 is 5.32 Å². The highest BCUT2D eigenvalue weighted by atomic mass is 32.2. The molecule has 2 heterocycles. The van der Waals surface area contributed by atoms with Crippen LogP contribution in [0, 0.1) is 0 Å². The molecule has 1 aromatic heterocycles. The first kappa shape index (κ1) is 20.9. The van der Waals surface area contributed by atoms with Gasteiger partial charge in [0.25, 0.3) is 0 Å². The van der Waals surface area contributed by atoms with Gasteiger partial charge in [0.15, 0.2) is 0 Å². The number of carbonyl (C=O) groups is 1. The summed E-state index contributed by atoms with van der Waals surface area (Å²) < 4.78 is 2.06. The number of piperidine rings is 1. The van der Waals surface area contributed by atoms with Gasteiger partial charge in [0.1, 0.15) is 12.4 Å². The molecule has 0 bridgehead atoms. The standard InChI is InChI=1S/C24H30N4OS/c1-30-18-23-26-21-12-5-6-13-22(21)28(23)17-24(29)25-15-20-11-7-8-14-27(20)16-19-9-3-2-4-10-19/h2-6,9-10,12-13,20H,7-8,11,14-18H2,1H3,(H,25,29). The molecule has 1 saturated heterocycles. The summed E-state index contributed by atoms with van der Waals surface area (Å²) in [6.07, 6.45) is 5.67. The van der Waals surface area contributed by atoms with Crippen LogP contribution in [-0.2, 0) is 23.6 Å². The van der Waals surface area contributed by atoms with Crippen LogP contribution in [0.5, 0.6) is 0 Å². The van der Waals surface area contributed by atoms with Gasteiger partial charge in [-0.2, -0.15) is 11.8 Å². The zero-order valence-corrected chi connectivity index (χ0v) is 18.4. The third-order valence-electron chi connectivity index (χ3n) is 5.82. The van der Waals surface area contributed by atoms with E-state index >= 15 is 0 Å². The largest absolute Gasteiger partial charge is 0.353 e. The van der Waals surface area contributed by atoms with Crippen LogP contribution in [-0.4, -0.2) is 45.7 Å². The first-order valence-electron chi connectivity index (χ1n) is 10.7. The van der Waals surface area contributed by atoms with Crippen LogP contribution >= 0.6 is 11.8 Å². The molecule has 1 unspecified atom stereocenters. The zero-order valence-electron chi connectivity index (χ0n) is 17.6. The molecular formula is C24H30N4OS. The average Bonchev–Trinajstić information content (AvgIpc) is 3.11. The summed E-state index contributed by atoms with van der Waals surface area (Å²) in [5, 5.41) is 3.20. The second-order valence-electron chi connectivity index (χ2n) is 7.95. The highest BCUT2D eigenvalue weighted by molar-refractivity contribution is 7.97. The maximum absolute atomic E-state index is 12.8. The lowest BCUT2D eigenvalue weighted by Gasteiger charge is -2.36. The molecule has 0 aliphatic carbocycles. The van der Waals surface area contributed by atoms with Crippen molar-refractivity contribution in [3.63, 3.8) is 0 Å². The van der Waals surface area contributed by atoms with Gasteiger partial charge in [-0.05, 0) is 43.3 Å². The normalized spacial score (nSPS) is 17.3. The lowest BCUT2D eigenvalue weighted by Crippen LogP contribution is -2.46. The number of nitrogens with zero attached hydrogens (tertiary/aromatic N) is 3. The van der Waals surface area contributed by atoms with E-state index < -0.39 is 0 Å².